The molecule has 15 heavy (non-hydrogen) atoms. The van der Waals surface area contributed by atoms with Gasteiger partial charge in [-0.25, -0.2) is 0 Å². The van der Waals surface area contributed by atoms with Gasteiger partial charge in [-0.1, -0.05) is 0 Å². The van der Waals surface area contributed by atoms with Gasteiger partial charge < -0.3 is 0 Å². The van der Waals surface area contributed by atoms with Crippen LogP contribution >= 0.6 is 0 Å². The van der Waals surface area contributed by atoms with Crippen LogP contribution in [0.2, 0.25) is 0 Å². The van der Waals surface area contributed by atoms with Gasteiger partial charge in [-0.15, -0.1) is 0 Å². The summed E-state index contributed by atoms with van der Waals surface area (Å²) < 4.78 is 3.13. The van der Waals surface area contributed by atoms with Crippen molar-refractivity contribution in [1.29, 1.82) is 0 Å². The number of rotatable bonds is 3. The van der Waals surface area contributed by atoms with Gasteiger partial charge in [0.25, 0.3) is 0 Å². The van der Waals surface area contributed by atoms with E-state index in [0.717, 1.165) is 0 Å². The van der Waals surface area contributed by atoms with E-state index in [0.29, 0.717) is 0 Å². The van der Waals surface area contributed by atoms with E-state index in [1.54, 1.807) is 6.14 Å². The maximum atomic E-state index is 3.76. The van der Waals surface area contributed by atoms with Crippen LogP contribution in [0.25, 0.3) is 6.08 Å². The fraction of sp³-hybridized carbons (Fsp3) is 0. The van der Waals surface area contributed by atoms with Crippen molar-refractivity contribution in [3.05, 3.63) is 66.7 Å². The Bertz CT molecular complexity index is 429. The van der Waals surface area contributed by atoms with Crippen molar-refractivity contribution in [2.24, 2.45) is 0 Å². The van der Waals surface area contributed by atoms with Gasteiger partial charge in [0.2, 0.25) is 0 Å². The Morgan fingerprint density at radius 3 is 2.00 bits per heavy atom. The summed E-state index contributed by atoms with van der Waals surface area (Å²) in [6.45, 7) is 3.76. The molecule has 2 rings (SSSR count). The minimum absolute atomic E-state index is 1.07. The molecule has 0 N–H and O–H groups in total. The van der Waals surface area contributed by atoms with E-state index in [4.69, 9.17) is 0 Å². The van der Waals surface area contributed by atoms with E-state index in [-0.39, 0.29) is 0 Å². The van der Waals surface area contributed by atoms with Gasteiger partial charge in [0.15, 0.2) is 0 Å². The van der Waals surface area contributed by atoms with Gasteiger partial charge in [-0.3, -0.25) is 0 Å². The van der Waals surface area contributed by atoms with E-state index in [9.17, 15) is 0 Å². The van der Waals surface area contributed by atoms with Gasteiger partial charge >= 0.3 is 104 Å². The number of hydrogen-bond donors (Lipinski definition) is 0. The van der Waals surface area contributed by atoms with E-state index < -0.39 is 24.6 Å². The summed E-state index contributed by atoms with van der Waals surface area (Å²) in [5, 5.41) is 0. The third-order valence-electron chi connectivity index (χ3n) is 2.47. The average molecular weight is 381 g/mol. The molecule has 0 amide bonds. The fourth-order valence-electron chi connectivity index (χ4n) is 1.60. The first-order valence-corrected chi connectivity index (χ1v) is 10.6. The third-order valence-corrected chi connectivity index (χ3v) is 9.31. The average Bonchev–Trinajstić information content (AvgIpc) is 2.31. The molecule has 0 aliphatic rings. The minimum atomic E-state index is -1.07. The molecule has 0 unspecified atom stereocenters. The SMILES string of the molecule is C=Cc1cc[c]([Hg][c]2ccccc2)cc1. The van der Waals surface area contributed by atoms with E-state index in [1.165, 1.54) is 5.56 Å². The van der Waals surface area contributed by atoms with Crippen LogP contribution in [-0.2, 0) is 24.6 Å². The molecule has 0 bridgehead atoms. The molecule has 70 valence electrons. The summed E-state index contributed by atoms with van der Waals surface area (Å²) >= 11 is -1.07. The summed E-state index contributed by atoms with van der Waals surface area (Å²) in [6, 6.07) is 19.7. The molecule has 0 nitrogen and oxygen atoms in total. The zero-order chi connectivity index (χ0) is 10.5. The molecule has 0 atom stereocenters. The Labute approximate surface area is 103 Å². The third kappa shape index (κ3) is 3.03. The van der Waals surface area contributed by atoms with Crippen LogP contribution in [0.5, 0.6) is 0 Å². The Morgan fingerprint density at radius 1 is 0.800 bits per heavy atom. The van der Waals surface area contributed by atoms with Crippen LogP contribution in [0, 0.1) is 0 Å². The van der Waals surface area contributed by atoms with E-state index in [2.05, 4.69) is 61.2 Å². The molecule has 1 heteroatoms. The predicted octanol–water partition coefficient (Wildman–Crippen LogP) is 2.36. The second-order valence-electron chi connectivity index (χ2n) is 3.61. The standard InChI is InChI=1S/C8H7.C6H5.Hg/c1-2-8-6-4-3-5-7-8;1-2-4-6-5-3-1;/h2,4-7H,1H2;1-5H;. The van der Waals surface area contributed by atoms with Crippen molar-refractivity contribution in [3.63, 3.8) is 0 Å². The first kappa shape index (κ1) is 10.6. The van der Waals surface area contributed by atoms with Crippen LogP contribution in [0.4, 0.5) is 0 Å². The Kier molecular flexibility index (Phi) is 3.73. The molecular weight excluding hydrogens is 369 g/mol. The van der Waals surface area contributed by atoms with Crippen LogP contribution in [0.15, 0.2) is 61.2 Å². The second kappa shape index (κ2) is 5.27. The molecule has 0 radical (unpaired) electrons. The first-order valence-electron chi connectivity index (χ1n) is 5.14. The monoisotopic (exact) mass is 382 g/mol. The van der Waals surface area contributed by atoms with Crippen LogP contribution < -0.4 is 6.14 Å². The normalized spacial score (nSPS) is 9.33. The predicted molar refractivity (Wildman–Crippen MR) is 62.2 cm³/mol. The van der Waals surface area contributed by atoms with Crippen LogP contribution in [0.1, 0.15) is 5.56 Å². The van der Waals surface area contributed by atoms with Gasteiger partial charge in [0.05, 0.1) is 0 Å². The van der Waals surface area contributed by atoms with Crippen LogP contribution in [-0.4, -0.2) is 0 Å². The van der Waals surface area contributed by atoms with Crippen LogP contribution in [0.3, 0.4) is 0 Å². The topological polar surface area (TPSA) is 0 Å². The second-order valence-corrected chi connectivity index (χ2v) is 11.3. The number of benzene rings is 2. The zero-order valence-corrected chi connectivity index (χ0v) is 14.2. The molecule has 0 heterocycles. The fourth-order valence-corrected chi connectivity index (χ4v) is 7.24. The number of hydrogen-bond acceptors (Lipinski definition) is 0. The summed E-state index contributed by atoms with van der Waals surface area (Å²) in [5.41, 5.74) is 1.21. The van der Waals surface area contributed by atoms with E-state index >= 15 is 0 Å². The maximum absolute atomic E-state index is 3.76. The molecule has 0 fully saturated rings. The van der Waals surface area contributed by atoms with Gasteiger partial charge in [-0.2, -0.15) is 0 Å². The van der Waals surface area contributed by atoms with Crippen molar-refractivity contribution in [3.8, 4) is 0 Å². The Morgan fingerprint density at radius 2 is 1.40 bits per heavy atom. The zero-order valence-electron chi connectivity index (χ0n) is 8.69. The molecule has 0 aliphatic heterocycles. The first-order chi connectivity index (χ1) is 7.38. The molecule has 0 spiro atoms. The Hall–Kier alpha value is -0.885. The van der Waals surface area contributed by atoms with Crippen molar-refractivity contribution >= 4 is 12.2 Å². The molecule has 0 aliphatic carbocycles. The van der Waals surface area contributed by atoms with Crippen molar-refractivity contribution in [1.82, 2.24) is 0 Å². The van der Waals surface area contributed by atoms with Gasteiger partial charge in [-0.05, 0) is 0 Å². The summed E-state index contributed by atoms with van der Waals surface area (Å²) in [4.78, 5) is 0. The summed E-state index contributed by atoms with van der Waals surface area (Å²) in [6.07, 6.45) is 1.89. The summed E-state index contributed by atoms with van der Waals surface area (Å²) in [5.74, 6) is 0. The molecule has 2 aromatic carbocycles. The van der Waals surface area contributed by atoms with Gasteiger partial charge in [0, 0.05) is 0 Å². The Balaban J connectivity index is 2.15. The molecule has 0 saturated carbocycles. The molecular formula is C14H12Hg. The summed E-state index contributed by atoms with van der Waals surface area (Å²) in [7, 11) is 0. The molecule has 0 saturated heterocycles. The van der Waals surface area contributed by atoms with Gasteiger partial charge in [0.1, 0.15) is 0 Å². The van der Waals surface area contributed by atoms with Crippen molar-refractivity contribution in [2.75, 3.05) is 0 Å². The van der Waals surface area contributed by atoms with Crippen molar-refractivity contribution in [2.45, 2.75) is 0 Å². The molecule has 2 aromatic rings. The van der Waals surface area contributed by atoms with E-state index in [1.807, 2.05) is 6.08 Å². The quantitative estimate of drug-likeness (QED) is 0.717. The molecule has 0 aromatic heterocycles. The van der Waals surface area contributed by atoms with Crippen molar-refractivity contribution < 1.29 is 24.6 Å².